The van der Waals surface area contributed by atoms with Gasteiger partial charge in [-0.3, -0.25) is 0 Å². The molecule has 0 unspecified atom stereocenters. The van der Waals surface area contributed by atoms with E-state index in [1.807, 2.05) is 0 Å². The lowest BCUT2D eigenvalue weighted by Gasteiger charge is -2.14. The van der Waals surface area contributed by atoms with E-state index in [9.17, 15) is 0 Å². The van der Waals surface area contributed by atoms with E-state index in [0.717, 1.165) is 24.6 Å². The highest BCUT2D eigenvalue weighted by Crippen LogP contribution is 2.23. The molecular weight excluding hydrogens is 246 g/mol. The fourth-order valence-electron chi connectivity index (χ4n) is 2.22. The highest BCUT2D eigenvalue weighted by molar-refractivity contribution is 5.92. The summed E-state index contributed by atoms with van der Waals surface area (Å²) in [6.45, 7) is 10.5. The Balaban J connectivity index is 2.27. The molecule has 1 aromatic heterocycles. The molecule has 3 nitrogen and oxygen atoms in total. The van der Waals surface area contributed by atoms with Crippen LogP contribution in [-0.2, 0) is 6.54 Å². The Morgan fingerprint density at radius 2 is 1.85 bits per heavy atom. The molecule has 0 radical (unpaired) electrons. The number of benzene rings is 1. The Labute approximate surface area is 121 Å². The van der Waals surface area contributed by atoms with Crippen molar-refractivity contribution < 1.29 is 0 Å². The molecule has 20 heavy (non-hydrogen) atoms. The average Bonchev–Trinajstić information content (AvgIpc) is 2.37. The predicted octanol–water partition coefficient (Wildman–Crippen LogP) is 3.80. The molecule has 0 atom stereocenters. The van der Waals surface area contributed by atoms with Crippen LogP contribution in [0.25, 0.3) is 10.8 Å². The van der Waals surface area contributed by atoms with Gasteiger partial charge in [0, 0.05) is 18.0 Å². The van der Waals surface area contributed by atoms with E-state index in [0.29, 0.717) is 12.0 Å². The first-order chi connectivity index (χ1) is 9.56. The molecule has 0 aliphatic heterocycles. The molecule has 0 spiro atoms. The summed E-state index contributed by atoms with van der Waals surface area (Å²) in [5.41, 5.74) is 1.09. The largest absolute Gasteiger partial charge is 0.367 e. The lowest BCUT2D eigenvalue weighted by Crippen LogP contribution is -2.20. The highest BCUT2D eigenvalue weighted by Gasteiger charge is 2.07. The fraction of sp³-hybridized carbons (Fsp3) is 0.471. The van der Waals surface area contributed by atoms with Crippen LogP contribution in [-0.4, -0.2) is 17.6 Å². The van der Waals surface area contributed by atoms with Gasteiger partial charge in [0.15, 0.2) is 0 Å². The van der Waals surface area contributed by atoms with Crippen LogP contribution in [0.3, 0.4) is 0 Å². The summed E-state index contributed by atoms with van der Waals surface area (Å²) in [6.07, 6.45) is 0. The van der Waals surface area contributed by atoms with Gasteiger partial charge < -0.3 is 10.6 Å². The molecule has 0 saturated carbocycles. The van der Waals surface area contributed by atoms with Crippen molar-refractivity contribution in [3.63, 3.8) is 0 Å². The van der Waals surface area contributed by atoms with E-state index >= 15 is 0 Å². The zero-order chi connectivity index (χ0) is 14.5. The Morgan fingerprint density at radius 3 is 2.55 bits per heavy atom. The normalized spacial score (nSPS) is 11.5. The van der Waals surface area contributed by atoms with Crippen LogP contribution >= 0.6 is 0 Å². The van der Waals surface area contributed by atoms with Crippen LogP contribution < -0.4 is 10.6 Å². The van der Waals surface area contributed by atoms with Crippen molar-refractivity contribution in [2.24, 2.45) is 5.92 Å². The second-order valence-corrected chi connectivity index (χ2v) is 6.01. The minimum atomic E-state index is 0.379. The second-order valence-electron chi connectivity index (χ2n) is 6.01. The lowest BCUT2D eigenvalue weighted by molar-refractivity contribution is 0.548. The van der Waals surface area contributed by atoms with E-state index in [2.05, 4.69) is 68.7 Å². The average molecular weight is 271 g/mol. The summed E-state index contributed by atoms with van der Waals surface area (Å²) in [7, 11) is 0. The van der Waals surface area contributed by atoms with Crippen LogP contribution in [0.15, 0.2) is 30.3 Å². The SMILES string of the molecule is CC(C)CNCc1cc2ccccc2c(NC(C)C)n1. The van der Waals surface area contributed by atoms with Gasteiger partial charge in [0.1, 0.15) is 5.82 Å². The van der Waals surface area contributed by atoms with Gasteiger partial charge in [-0.1, -0.05) is 38.1 Å². The third-order valence-corrected chi connectivity index (χ3v) is 3.08. The molecule has 1 heterocycles. The van der Waals surface area contributed by atoms with Crippen LogP contribution in [0.1, 0.15) is 33.4 Å². The molecule has 2 N–H and O–H groups in total. The van der Waals surface area contributed by atoms with Crippen molar-refractivity contribution in [2.45, 2.75) is 40.3 Å². The highest BCUT2D eigenvalue weighted by atomic mass is 15.0. The van der Waals surface area contributed by atoms with Crippen LogP contribution in [0.4, 0.5) is 5.82 Å². The number of fused-ring (bicyclic) bond motifs is 1. The molecule has 0 aliphatic rings. The number of hydrogen-bond acceptors (Lipinski definition) is 3. The standard InChI is InChI=1S/C17H25N3/c1-12(2)10-18-11-15-9-14-7-5-6-8-16(14)17(20-15)19-13(3)4/h5-9,12-13,18H,10-11H2,1-4H3,(H,19,20). The quantitative estimate of drug-likeness (QED) is 0.839. The van der Waals surface area contributed by atoms with Gasteiger partial charge in [-0.15, -0.1) is 0 Å². The number of pyridine rings is 1. The van der Waals surface area contributed by atoms with Crippen LogP contribution in [0.2, 0.25) is 0 Å². The minimum Gasteiger partial charge on any atom is -0.367 e. The van der Waals surface area contributed by atoms with Crippen LogP contribution in [0, 0.1) is 5.92 Å². The molecule has 108 valence electrons. The fourth-order valence-corrected chi connectivity index (χ4v) is 2.22. The van der Waals surface area contributed by atoms with Gasteiger partial charge in [0.05, 0.1) is 5.69 Å². The molecule has 0 saturated heterocycles. The molecule has 1 aromatic carbocycles. The van der Waals surface area contributed by atoms with Crippen molar-refractivity contribution in [1.29, 1.82) is 0 Å². The van der Waals surface area contributed by atoms with E-state index in [-0.39, 0.29) is 0 Å². The first-order valence-corrected chi connectivity index (χ1v) is 7.42. The van der Waals surface area contributed by atoms with E-state index in [4.69, 9.17) is 4.98 Å². The van der Waals surface area contributed by atoms with Gasteiger partial charge in [0.2, 0.25) is 0 Å². The molecule has 2 rings (SSSR count). The Kier molecular flexibility index (Phi) is 4.96. The monoisotopic (exact) mass is 271 g/mol. The first kappa shape index (κ1) is 14.8. The van der Waals surface area contributed by atoms with Crippen LogP contribution in [0.5, 0.6) is 0 Å². The molecule has 0 aliphatic carbocycles. The number of nitrogens with one attached hydrogen (secondary N) is 2. The van der Waals surface area contributed by atoms with Crippen molar-refractivity contribution in [2.75, 3.05) is 11.9 Å². The predicted molar refractivity (Wildman–Crippen MR) is 87.0 cm³/mol. The summed E-state index contributed by atoms with van der Waals surface area (Å²) >= 11 is 0. The zero-order valence-corrected chi connectivity index (χ0v) is 12.9. The van der Waals surface area contributed by atoms with Gasteiger partial charge >= 0.3 is 0 Å². The Hall–Kier alpha value is -1.61. The van der Waals surface area contributed by atoms with Gasteiger partial charge in [-0.2, -0.15) is 0 Å². The zero-order valence-electron chi connectivity index (χ0n) is 12.9. The number of aromatic nitrogens is 1. The molecule has 0 amide bonds. The molecule has 0 fully saturated rings. The van der Waals surface area contributed by atoms with Gasteiger partial charge in [0.25, 0.3) is 0 Å². The molecule has 2 aromatic rings. The maximum atomic E-state index is 4.76. The lowest BCUT2D eigenvalue weighted by atomic mass is 10.1. The molecule has 3 heteroatoms. The van der Waals surface area contributed by atoms with Crippen molar-refractivity contribution in [3.05, 3.63) is 36.0 Å². The number of hydrogen-bond donors (Lipinski definition) is 2. The van der Waals surface area contributed by atoms with Gasteiger partial charge in [-0.05, 0) is 37.8 Å². The molecule has 0 bridgehead atoms. The minimum absolute atomic E-state index is 0.379. The topological polar surface area (TPSA) is 37.0 Å². The number of nitrogens with zero attached hydrogens (tertiary/aromatic N) is 1. The summed E-state index contributed by atoms with van der Waals surface area (Å²) in [5, 5.41) is 9.34. The first-order valence-electron chi connectivity index (χ1n) is 7.42. The van der Waals surface area contributed by atoms with E-state index in [1.54, 1.807) is 0 Å². The number of rotatable bonds is 6. The van der Waals surface area contributed by atoms with Crippen molar-refractivity contribution in [1.82, 2.24) is 10.3 Å². The molecular formula is C17H25N3. The summed E-state index contributed by atoms with van der Waals surface area (Å²) < 4.78 is 0. The summed E-state index contributed by atoms with van der Waals surface area (Å²) in [6, 6.07) is 11.0. The Bertz CT molecular complexity index is 561. The van der Waals surface area contributed by atoms with Crippen molar-refractivity contribution in [3.8, 4) is 0 Å². The maximum absolute atomic E-state index is 4.76. The Morgan fingerprint density at radius 1 is 1.10 bits per heavy atom. The van der Waals surface area contributed by atoms with Gasteiger partial charge in [-0.25, -0.2) is 4.98 Å². The van der Waals surface area contributed by atoms with Crippen molar-refractivity contribution >= 4 is 16.6 Å². The third-order valence-electron chi connectivity index (χ3n) is 3.08. The maximum Gasteiger partial charge on any atom is 0.134 e. The smallest absolute Gasteiger partial charge is 0.134 e. The second kappa shape index (κ2) is 6.71. The third kappa shape index (κ3) is 3.94. The number of anilines is 1. The summed E-state index contributed by atoms with van der Waals surface area (Å²) in [4.78, 5) is 4.76. The van der Waals surface area contributed by atoms with E-state index in [1.165, 1.54) is 10.8 Å². The van der Waals surface area contributed by atoms with E-state index < -0.39 is 0 Å². The summed E-state index contributed by atoms with van der Waals surface area (Å²) in [5.74, 6) is 1.64.